The lowest BCUT2D eigenvalue weighted by atomic mass is 9.91. The summed E-state index contributed by atoms with van der Waals surface area (Å²) in [5.41, 5.74) is 0. The lowest BCUT2D eigenvalue weighted by molar-refractivity contribution is -0.230. The van der Waals surface area contributed by atoms with Crippen LogP contribution in [0.1, 0.15) is 67.2 Å². The Morgan fingerprint density at radius 1 is 0.654 bits per heavy atom. The van der Waals surface area contributed by atoms with Gasteiger partial charge in [0, 0.05) is 0 Å². The summed E-state index contributed by atoms with van der Waals surface area (Å²) >= 11 is 0. The van der Waals surface area contributed by atoms with Crippen LogP contribution >= 0.6 is 0 Å². The van der Waals surface area contributed by atoms with Gasteiger partial charge in [0.2, 0.25) is 0 Å². The molecule has 0 radical (unpaired) electrons. The van der Waals surface area contributed by atoms with Gasteiger partial charge in [0.25, 0.3) is 0 Å². The monoisotopic (exact) mass is 370 g/mol. The van der Waals surface area contributed by atoms with Crippen molar-refractivity contribution in [3.05, 3.63) is 0 Å². The Bertz CT molecular complexity index is 437. The molecule has 0 aliphatic heterocycles. The van der Waals surface area contributed by atoms with Gasteiger partial charge in [0.1, 0.15) is 12.2 Å². The minimum Gasteiger partial charge on any atom is -0.428 e. The van der Waals surface area contributed by atoms with E-state index in [1.54, 1.807) is 0 Å². The summed E-state index contributed by atoms with van der Waals surface area (Å²) in [5.74, 6) is 2.04. The van der Waals surface area contributed by atoms with Crippen molar-refractivity contribution in [3.8, 4) is 0 Å². The fourth-order valence-electron chi connectivity index (χ4n) is 3.81. The quantitative estimate of drug-likeness (QED) is 0.326. The summed E-state index contributed by atoms with van der Waals surface area (Å²) in [4.78, 5) is 32.9. The van der Waals surface area contributed by atoms with E-state index in [0.717, 1.165) is 0 Å². The van der Waals surface area contributed by atoms with E-state index >= 15 is 0 Å². The van der Waals surface area contributed by atoms with Gasteiger partial charge in [-0.2, -0.15) is 19.4 Å². The zero-order valence-electron chi connectivity index (χ0n) is 16.9. The Balaban J connectivity index is 1.76. The fraction of sp³-hybridized carbons (Fsp3) is 0.900. The third-order valence-electron chi connectivity index (χ3n) is 5.72. The first-order chi connectivity index (χ1) is 12.2. The zero-order valence-corrected chi connectivity index (χ0v) is 16.9. The molecule has 2 rings (SSSR count). The lowest BCUT2D eigenvalue weighted by Gasteiger charge is -2.27. The third-order valence-corrected chi connectivity index (χ3v) is 5.72. The molecule has 6 nitrogen and oxygen atoms in total. The van der Waals surface area contributed by atoms with Gasteiger partial charge in [-0.25, -0.2) is 0 Å². The van der Waals surface area contributed by atoms with Crippen LogP contribution in [0.5, 0.6) is 0 Å². The second-order valence-corrected chi connectivity index (χ2v) is 8.71. The molecule has 0 spiro atoms. The molecule has 0 N–H and O–H groups in total. The topological polar surface area (TPSA) is 71.1 Å². The van der Waals surface area contributed by atoms with E-state index in [-0.39, 0.29) is 35.9 Å². The molecule has 4 unspecified atom stereocenters. The van der Waals surface area contributed by atoms with Crippen LogP contribution in [-0.2, 0) is 19.2 Å². The maximum absolute atomic E-state index is 11.9. The zero-order chi connectivity index (χ0) is 19.4. The summed E-state index contributed by atoms with van der Waals surface area (Å²) in [6.07, 6.45) is 2.17. The number of carbonyl (C=O) groups excluding carboxylic acids is 2. The number of hydrogen-bond acceptors (Lipinski definition) is 6. The average molecular weight is 370 g/mol. The molecular formula is C20H34O6. The predicted octanol–water partition coefficient (Wildman–Crippen LogP) is 5.35. The number of carbonyl (C=O) groups is 2. The molecule has 0 bridgehead atoms. The van der Waals surface area contributed by atoms with Crippen LogP contribution in [-0.4, -0.2) is 24.5 Å². The van der Waals surface area contributed by atoms with Crippen molar-refractivity contribution in [2.45, 2.75) is 79.4 Å². The van der Waals surface area contributed by atoms with Gasteiger partial charge < -0.3 is 9.47 Å². The van der Waals surface area contributed by atoms with E-state index in [1.807, 2.05) is 27.7 Å². The van der Waals surface area contributed by atoms with Crippen LogP contribution < -0.4 is 0 Å². The first kappa shape index (κ1) is 20.8. The van der Waals surface area contributed by atoms with Crippen molar-refractivity contribution in [2.24, 2.45) is 35.5 Å². The molecule has 2 fully saturated rings. The average Bonchev–Trinajstić information content (AvgIpc) is 3.45. The molecule has 4 atom stereocenters. The lowest BCUT2D eigenvalue weighted by Crippen LogP contribution is -2.33. The maximum atomic E-state index is 11.9. The highest BCUT2D eigenvalue weighted by Gasteiger charge is 2.39. The molecule has 26 heavy (non-hydrogen) atoms. The largest absolute Gasteiger partial charge is 0.550 e. The van der Waals surface area contributed by atoms with Crippen LogP contribution in [0, 0.1) is 35.5 Å². The Hall–Kier alpha value is -1.46. The predicted molar refractivity (Wildman–Crippen MR) is 96.2 cm³/mol. The van der Waals surface area contributed by atoms with E-state index in [4.69, 9.17) is 9.47 Å². The van der Waals surface area contributed by atoms with Gasteiger partial charge >= 0.3 is 12.3 Å². The summed E-state index contributed by atoms with van der Waals surface area (Å²) in [6.45, 7) is 12.2. The van der Waals surface area contributed by atoms with Crippen molar-refractivity contribution in [1.82, 2.24) is 0 Å². The number of rotatable bonds is 8. The van der Waals surface area contributed by atoms with Crippen molar-refractivity contribution in [1.29, 1.82) is 0 Å². The third kappa shape index (κ3) is 6.06. The van der Waals surface area contributed by atoms with E-state index in [9.17, 15) is 9.59 Å². The Kier molecular flexibility index (Phi) is 7.18. The standard InChI is InChI=1S/C20H34O6/c1-11(2)17(13(5)15-7-8-15)23-19(21)25-26-20(22)24-18(12(3)4)14(6)16-9-10-16/h11-18H,7-10H2,1-6H3. The smallest absolute Gasteiger partial charge is 0.428 e. The second-order valence-electron chi connectivity index (χ2n) is 8.71. The molecular weight excluding hydrogens is 336 g/mol. The molecule has 0 amide bonds. The first-order valence-electron chi connectivity index (χ1n) is 9.96. The van der Waals surface area contributed by atoms with Gasteiger partial charge in [0.05, 0.1) is 0 Å². The highest BCUT2D eigenvalue weighted by molar-refractivity contribution is 5.63. The Morgan fingerprint density at radius 3 is 1.19 bits per heavy atom. The van der Waals surface area contributed by atoms with Crippen molar-refractivity contribution < 1.29 is 28.8 Å². The summed E-state index contributed by atoms with van der Waals surface area (Å²) in [6, 6.07) is 0. The fourth-order valence-corrected chi connectivity index (χ4v) is 3.81. The van der Waals surface area contributed by atoms with Gasteiger partial charge in [-0.15, -0.1) is 0 Å². The van der Waals surface area contributed by atoms with E-state index in [1.165, 1.54) is 25.7 Å². The van der Waals surface area contributed by atoms with Gasteiger partial charge in [-0.05, 0) is 61.2 Å². The van der Waals surface area contributed by atoms with E-state index < -0.39 is 12.3 Å². The number of hydrogen-bond donors (Lipinski definition) is 0. The minimum absolute atomic E-state index is 0.162. The molecule has 0 aromatic heterocycles. The molecule has 0 aromatic carbocycles. The molecule has 0 heterocycles. The van der Waals surface area contributed by atoms with Crippen molar-refractivity contribution in [3.63, 3.8) is 0 Å². The second kappa shape index (κ2) is 8.96. The molecule has 2 aliphatic carbocycles. The van der Waals surface area contributed by atoms with Gasteiger partial charge in [-0.3, -0.25) is 0 Å². The van der Waals surface area contributed by atoms with Gasteiger partial charge in [0.15, 0.2) is 0 Å². The Labute approximate surface area is 156 Å². The van der Waals surface area contributed by atoms with Crippen molar-refractivity contribution in [2.75, 3.05) is 0 Å². The summed E-state index contributed by atoms with van der Waals surface area (Å²) < 4.78 is 10.8. The molecule has 6 heteroatoms. The highest BCUT2D eigenvalue weighted by Crippen LogP contribution is 2.41. The normalized spacial score (nSPS) is 21.7. The van der Waals surface area contributed by atoms with Crippen LogP contribution in [0.2, 0.25) is 0 Å². The molecule has 0 aromatic rings. The van der Waals surface area contributed by atoms with Crippen LogP contribution in [0.3, 0.4) is 0 Å². The van der Waals surface area contributed by atoms with Gasteiger partial charge in [-0.1, -0.05) is 41.5 Å². The number of ether oxygens (including phenoxy) is 2. The summed E-state index contributed by atoms with van der Waals surface area (Å²) in [5, 5.41) is 0. The maximum Gasteiger partial charge on any atom is 0.550 e. The molecule has 150 valence electrons. The molecule has 0 saturated heterocycles. The van der Waals surface area contributed by atoms with Crippen LogP contribution in [0.4, 0.5) is 9.59 Å². The molecule has 2 aliphatic rings. The Morgan fingerprint density at radius 2 is 0.962 bits per heavy atom. The van der Waals surface area contributed by atoms with E-state index in [0.29, 0.717) is 11.8 Å². The van der Waals surface area contributed by atoms with Crippen LogP contribution in [0.15, 0.2) is 0 Å². The highest BCUT2D eigenvalue weighted by atomic mass is 17.3. The summed E-state index contributed by atoms with van der Waals surface area (Å²) in [7, 11) is 0. The minimum atomic E-state index is -0.996. The van der Waals surface area contributed by atoms with E-state index in [2.05, 4.69) is 23.6 Å². The SMILES string of the molecule is CC(C)C(OC(=O)OOC(=O)OC(C(C)C)C(C)C1CC1)C(C)C1CC1. The first-order valence-corrected chi connectivity index (χ1v) is 9.96. The van der Waals surface area contributed by atoms with Crippen LogP contribution in [0.25, 0.3) is 0 Å². The van der Waals surface area contributed by atoms with Crippen molar-refractivity contribution >= 4 is 12.3 Å². The molecule has 2 saturated carbocycles.